The molecule has 2 aromatic rings. The van der Waals surface area contributed by atoms with Crippen LogP contribution in [0.5, 0.6) is 0 Å². The smallest absolute Gasteiger partial charge is 0.147 e. The van der Waals surface area contributed by atoms with E-state index in [1.165, 1.54) is 35.4 Å². The highest BCUT2D eigenvalue weighted by atomic mass is 16.5. The second kappa shape index (κ2) is 5.30. The van der Waals surface area contributed by atoms with E-state index in [0.29, 0.717) is 0 Å². The minimum atomic E-state index is 0.825. The van der Waals surface area contributed by atoms with E-state index >= 15 is 0 Å². The average Bonchev–Trinajstić information content (AvgIpc) is 3.32. The van der Waals surface area contributed by atoms with E-state index in [9.17, 15) is 0 Å². The second-order valence-electron chi connectivity index (χ2n) is 6.20. The molecule has 0 fully saturated rings. The molecule has 2 N–H and O–H groups in total. The molecular formula is C19H21N3O. The van der Waals surface area contributed by atoms with E-state index in [1.54, 1.807) is 7.11 Å². The number of ether oxygens (including phenoxy) is 1. The van der Waals surface area contributed by atoms with Gasteiger partial charge < -0.3 is 14.7 Å². The van der Waals surface area contributed by atoms with Crippen LogP contribution in [0.2, 0.25) is 0 Å². The molecule has 0 saturated heterocycles. The van der Waals surface area contributed by atoms with Crippen LogP contribution in [0.25, 0.3) is 5.57 Å². The van der Waals surface area contributed by atoms with Crippen LogP contribution in [0.15, 0.2) is 40.9 Å². The fraction of sp³-hybridized carbons (Fsp3) is 0.316. The first-order chi connectivity index (χ1) is 11.2. The number of hydrogen-bond acceptors (Lipinski definition) is 2. The highest BCUT2D eigenvalue weighted by molar-refractivity contribution is 6.11. The number of allylic oxidation sites excluding steroid dienone is 2. The van der Waals surface area contributed by atoms with E-state index in [2.05, 4.69) is 23.8 Å². The summed E-state index contributed by atoms with van der Waals surface area (Å²) >= 11 is 0. The third-order valence-electron chi connectivity index (χ3n) is 4.84. The molecule has 4 rings (SSSR count). The summed E-state index contributed by atoms with van der Waals surface area (Å²) in [6.45, 7) is 4.30. The van der Waals surface area contributed by atoms with Crippen molar-refractivity contribution in [2.45, 2.75) is 33.1 Å². The molecule has 4 heteroatoms. The normalized spacial score (nSPS) is 18.7. The largest absolute Gasteiger partial charge is 0.494 e. The van der Waals surface area contributed by atoms with Gasteiger partial charge >= 0.3 is 0 Å². The standard InChI is InChI=1S/C19H21N3O/c1-11(18-14-7-4-6-13(14)12(2)21-18)19-17(23-3)10-16(22-19)15-8-5-9-20-15/h5,8-10,20-21H,4,6-7H2,1-3H3/b19-11+. The minimum absolute atomic E-state index is 0.825. The lowest BCUT2D eigenvalue weighted by molar-refractivity contribution is 0.302. The molecule has 0 amide bonds. The topological polar surface area (TPSA) is 53.2 Å². The third-order valence-corrected chi connectivity index (χ3v) is 4.84. The van der Waals surface area contributed by atoms with Crippen molar-refractivity contribution < 1.29 is 4.74 Å². The number of aliphatic imine (C=N–C) groups is 1. The van der Waals surface area contributed by atoms with Gasteiger partial charge in [0.2, 0.25) is 0 Å². The number of aromatic amines is 2. The highest BCUT2D eigenvalue weighted by Crippen LogP contribution is 2.36. The van der Waals surface area contributed by atoms with Crippen LogP contribution < -0.4 is 0 Å². The summed E-state index contributed by atoms with van der Waals surface area (Å²) in [5, 5.41) is 0. The molecule has 0 spiro atoms. The number of hydrogen-bond donors (Lipinski definition) is 2. The van der Waals surface area contributed by atoms with E-state index in [-0.39, 0.29) is 0 Å². The Balaban J connectivity index is 1.83. The maximum atomic E-state index is 5.58. The Bertz CT molecular complexity index is 848. The quantitative estimate of drug-likeness (QED) is 0.887. The summed E-state index contributed by atoms with van der Waals surface area (Å²) in [7, 11) is 1.71. The van der Waals surface area contributed by atoms with E-state index in [1.807, 2.05) is 24.4 Å². The molecule has 1 aliphatic carbocycles. The second-order valence-corrected chi connectivity index (χ2v) is 6.20. The predicted octanol–water partition coefficient (Wildman–Crippen LogP) is 3.90. The molecule has 3 heterocycles. The summed E-state index contributed by atoms with van der Waals surface area (Å²) in [5.41, 5.74) is 9.49. The highest BCUT2D eigenvalue weighted by Gasteiger charge is 2.25. The molecule has 0 saturated carbocycles. The van der Waals surface area contributed by atoms with E-state index in [4.69, 9.17) is 9.73 Å². The van der Waals surface area contributed by atoms with E-state index in [0.717, 1.165) is 34.9 Å². The van der Waals surface area contributed by atoms with Gasteiger partial charge in [-0.25, -0.2) is 4.99 Å². The van der Waals surface area contributed by atoms with Crippen molar-refractivity contribution in [1.82, 2.24) is 9.97 Å². The lowest BCUT2D eigenvalue weighted by Crippen LogP contribution is -1.94. The number of nitrogens with one attached hydrogen (secondary N) is 2. The van der Waals surface area contributed by atoms with Gasteiger partial charge in [0.1, 0.15) is 11.5 Å². The first-order valence-corrected chi connectivity index (χ1v) is 8.09. The van der Waals surface area contributed by atoms with Crippen molar-refractivity contribution in [2.24, 2.45) is 4.99 Å². The van der Waals surface area contributed by atoms with Crippen molar-refractivity contribution in [3.8, 4) is 0 Å². The van der Waals surface area contributed by atoms with Gasteiger partial charge in [0, 0.05) is 29.2 Å². The van der Waals surface area contributed by atoms with Gasteiger partial charge in [0.25, 0.3) is 0 Å². The van der Waals surface area contributed by atoms with Gasteiger partial charge in [-0.3, -0.25) is 0 Å². The third kappa shape index (κ3) is 2.17. The van der Waals surface area contributed by atoms with Crippen LogP contribution in [0.1, 0.15) is 41.6 Å². The van der Waals surface area contributed by atoms with Gasteiger partial charge in [-0.2, -0.15) is 0 Å². The zero-order valence-electron chi connectivity index (χ0n) is 13.8. The zero-order valence-corrected chi connectivity index (χ0v) is 13.8. The Morgan fingerprint density at radius 3 is 2.83 bits per heavy atom. The number of rotatable bonds is 3. The number of aryl methyl sites for hydroxylation is 1. The van der Waals surface area contributed by atoms with Crippen LogP contribution in [0, 0.1) is 6.92 Å². The summed E-state index contributed by atoms with van der Waals surface area (Å²) < 4.78 is 5.58. The van der Waals surface area contributed by atoms with Gasteiger partial charge in [-0.05, 0) is 56.4 Å². The fourth-order valence-electron chi connectivity index (χ4n) is 3.66. The number of methoxy groups -OCH3 is 1. The molecule has 2 aromatic heterocycles. The van der Waals surface area contributed by atoms with E-state index < -0.39 is 0 Å². The van der Waals surface area contributed by atoms with Crippen molar-refractivity contribution in [3.05, 3.63) is 64.1 Å². The molecule has 0 atom stereocenters. The molecular weight excluding hydrogens is 286 g/mol. The summed E-state index contributed by atoms with van der Waals surface area (Å²) in [5.74, 6) is 0.825. The molecule has 23 heavy (non-hydrogen) atoms. The Morgan fingerprint density at radius 2 is 2.09 bits per heavy atom. The van der Waals surface area contributed by atoms with Crippen molar-refractivity contribution in [3.63, 3.8) is 0 Å². The van der Waals surface area contributed by atoms with Crippen LogP contribution in [-0.2, 0) is 17.6 Å². The molecule has 4 nitrogen and oxygen atoms in total. The van der Waals surface area contributed by atoms with Gasteiger partial charge in [0.15, 0.2) is 0 Å². The Labute approximate surface area is 136 Å². The molecule has 1 aliphatic heterocycles. The van der Waals surface area contributed by atoms with Crippen LogP contribution in [0.4, 0.5) is 0 Å². The number of fused-ring (bicyclic) bond motifs is 1. The molecule has 2 aliphatic rings. The van der Waals surface area contributed by atoms with Gasteiger partial charge in [-0.1, -0.05) is 0 Å². The summed E-state index contributed by atoms with van der Waals surface area (Å²) in [6.07, 6.45) is 7.50. The number of H-pyrrole nitrogens is 2. The zero-order chi connectivity index (χ0) is 16.0. The van der Waals surface area contributed by atoms with Gasteiger partial charge in [0.05, 0.1) is 18.5 Å². The number of nitrogens with zero attached hydrogens (tertiary/aromatic N) is 1. The van der Waals surface area contributed by atoms with Crippen molar-refractivity contribution in [2.75, 3.05) is 7.11 Å². The maximum Gasteiger partial charge on any atom is 0.147 e. The SMILES string of the molecule is COC1=CC(c2ccc[nH]2)=N/C1=C(\C)c1[nH]c(C)c2c1CCC2. The van der Waals surface area contributed by atoms with Crippen LogP contribution >= 0.6 is 0 Å². The van der Waals surface area contributed by atoms with Crippen LogP contribution in [-0.4, -0.2) is 22.8 Å². The first kappa shape index (κ1) is 14.1. The minimum Gasteiger partial charge on any atom is -0.494 e. The molecule has 0 bridgehead atoms. The van der Waals surface area contributed by atoms with Gasteiger partial charge in [-0.15, -0.1) is 0 Å². The molecule has 0 unspecified atom stereocenters. The molecule has 118 valence electrons. The Kier molecular flexibility index (Phi) is 3.26. The summed E-state index contributed by atoms with van der Waals surface area (Å²) in [4.78, 5) is 11.6. The lowest BCUT2D eigenvalue weighted by atomic mass is 10.1. The first-order valence-electron chi connectivity index (χ1n) is 8.09. The van der Waals surface area contributed by atoms with Crippen molar-refractivity contribution in [1.29, 1.82) is 0 Å². The fourth-order valence-corrected chi connectivity index (χ4v) is 3.66. The lowest BCUT2D eigenvalue weighted by Gasteiger charge is -2.08. The number of aromatic nitrogens is 2. The molecule has 0 radical (unpaired) electrons. The van der Waals surface area contributed by atoms with Crippen molar-refractivity contribution >= 4 is 11.3 Å². The van der Waals surface area contributed by atoms with Crippen LogP contribution in [0.3, 0.4) is 0 Å². The predicted molar refractivity (Wildman–Crippen MR) is 92.6 cm³/mol. The average molecular weight is 307 g/mol. The Morgan fingerprint density at radius 1 is 1.26 bits per heavy atom. The maximum absolute atomic E-state index is 5.58. The molecule has 0 aromatic carbocycles. The monoisotopic (exact) mass is 307 g/mol. The Hall–Kier alpha value is -2.49. The summed E-state index contributed by atoms with van der Waals surface area (Å²) in [6, 6.07) is 4.01.